The summed E-state index contributed by atoms with van der Waals surface area (Å²) in [4.78, 5) is 12.7. The fraction of sp³-hybridized carbons (Fsp3) is 0.458. The minimum Gasteiger partial charge on any atom is -0.497 e. The highest BCUT2D eigenvalue weighted by molar-refractivity contribution is 7.64. The third kappa shape index (κ3) is 4.76. The molecule has 2 aromatic rings. The second kappa shape index (κ2) is 10.2. The second-order valence-electron chi connectivity index (χ2n) is 8.58. The summed E-state index contributed by atoms with van der Waals surface area (Å²) in [6, 6.07) is 14.0. The van der Waals surface area contributed by atoms with Gasteiger partial charge in [0.15, 0.2) is 0 Å². The van der Waals surface area contributed by atoms with Gasteiger partial charge >= 0.3 is 7.52 Å². The first-order valence-corrected chi connectivity index (χ1v) is 12.8. The molecule has 0 radical (unpaired) electrons. The first-order chi connectivity index (χ1) is 15.5. The zero-order valence-corrected chi connectivity index (χ0v) is 19.3. The summed E-state index contributed by atoms with van der Waals surface area (Å²) in [7, 11) is -2.04. The van der Waals surface area contributed by atoms with Gasteiger partial charge in [0.1, 0.15) is 11.8 Å². The van der Waals surface area contributed by atoms with Gasteiger partial charge in [0.25, 0.3) is 5.91 Å². The van der Waals surface area contributed by atoms with Gasteiger partial charge in [0, 0.05) is 6.54 Å². The molecule has 1 amide bonds. The minimum atomic E-state index is -3.62. The standard InChI is InChI=1S/C24H31N2O5P/c1-30-21-11-13-22(14-12-21)32(29,31-17-18-7-3-2-4-8-18)26-16-20-10-6-5-9-19(20)15-23(26)24(27)25-28/h5-6,9-14,18,23,28H,2-4,7-8,15-17H2,1H3,(H,25,27)/t23-,32-/m1/s1. The van der Waals surface area contributed by atoms with Gasteiger partial charge < -0.3 is 9.26 Å². The van der Waals surface area contributed by atoms with Crippen LogP contribution in [0, 0.1) is 5.92 Å². The van der Waals surface area contributed by atoms with Crippen LogP contribution in [0.5, 0.6) is 5.75 Å². The van der Waals surface area contributed by atoms with E-state index < -0.39 is 19.5 Å². The Morgan fingerprint density at radius 3 is 2.44 bits per heavy atom. The molecule has 2 aromatic carbocycles. The van der Waals surface area contributed by atoms with Crippen LogP contribution in [0.3, 0.4) is 0 Å². The lowest BCUT2D eigenvalue weighted by atomic mass is 9.90. The van der Waals surface area contributed by atoms with Gasteiger partial charge in [-0.2, -0.15) is 0 Å². The van der Waals surface area contributed by atoms with Crippen molar-refractivity contribution in [1.82, 2.24) is 10.2 Å². The summed E-state index contributed by atoms with van der Waals surface area (Å²) in [5, 5.41) is 9.94. The molecular weight excluding hydrogens is 427 g/mol. The Balaban J connectivity index is 1.72. The number of hydroxylamine groups is 1. The molecule has 172 valence electrons. The molecule has 0 bridgehead atoms. The highest BCUT2D eigenvalue weighted by Crippen LogP contribution is 2.54. The number of amides is 1. The molecule has 1 aliphatic carbocycles. The fourth-order valence-electron chi connectivity index (χ4n) is 4.72. The van der Waals surface area contributed by atoms with Crippen molar-refractivity contribution < 1.29 is 23.8 Å². The van der Waals surface area contributed by atoms with Gasteiger partial charge in [-0.3, -0.25) is 14.6 Å². The van der Waals surface area contributed by atoms with Crippen LogP contribution in [0.2, 0.25) is 0 Å². The third-order valence-corrected chi connectivity index (χ3v) is 9.13. The van der Waals surface area contributed by atoms with Crippen molar-refractivity contribution in [2.75, 3.05) is 13.7 Å². The van der Waals surface area contributed by atoms with Gasteiger partial charge in [0.2, 0.25) is 0 Å². The number of hydrogen-bond donors (Lipinski definition) is 2. The number of ether oxygens (including phenoxy) is 1. The maximum Gasteiger partial charge on any atom is 0.303 e. The molecule has 0 unspecified atom stereocenters. The average molecular weight is 458 g/mol. The summed E-state index contributed by atoms with van der Waals surface area (Å²) in [6.07, 6.45) is 6.02. The molecule has 2 aliphatic rings. The Morgan fingerprint density at radius 2 is 1.78 bits per heavy atom. The molecule has 4 rings (SSSR count). The molecule has 32 heavy (non-hydrogen) atoms. The number of rotatable bonds is 7. The van der Waals surface area contributed by atoms with E-state index in [2.05, 4.69) is 0 Å². The van der Waals surface area contributed by atoms with Crippen LogP contribution in [0.25, 0.3) is 0 Å². The van der Waals surface area contributed by atoms with Crippen LogP contribution in [0.15, 0.2) is 48.5 Å². The lowest BCUT2D eigenvalue weighted by Gasteiger charge is -2.40. The van der Waals surface area contributed by atoms with Crippen LogP contribution >= 0.6 is 7.52 Å². The van der Waals surface area contributed by atoms with Crippen LogP contribution in [-0.4, -0.2) is 35.5 Å². The van der Waals surface area contributed by atoms with E-state index in [1.54, 1.807) is 41.5 Å². The molecule has 0 aromatic heterocycles. The smallest absolute Gasteiger partial charge is 0.303 e. The van der Waals surface area contributed by atoms with E-state index in [0.29, 0.717) is 36.5 Å². The van der Waals surface area contributed by atoms with Gasteiger partial charge in [-0.25, -0.2) is 10.2 Å². The largest absolute Gasteiger partial charge is 0.497 e. The Labute approximate surface area is 189 Å². The molecular formula is C24H31N2O5P. The molecule has 1 fully saturated rings. The molecule has 2 atom stereocenters. The van der Waals surface area contributed by atoms with Crippen molar-refractivity contribution >= 4 is 18.7 Å². The normalized spacial score (nSPS) is 21.4. The molecule has 8 heteroatoms. The van der Waals surface area contributed by atoms with Crippen LogP contribution in [0.4, 0.5) is 0 Å². The van der Waals surface area contributed by atoms with Crippen molar-refractivity contribution in [3.8, 4) is 5.75 Å². The maximum absolute atomic E-state index is 14.7. The maximum atomic E-state index is 14.7. The summed E-state index contributed by atoms with van der Waals surface area (Å²) in [5.74, 6) is 0.424. The molecule has 0 saturated heterocycles. The first-order valence-electron chi connectivity index (χ1n) is 11.2. The third-order valence-electron chi connectivity index (χ3n) is 6.58. The number of carbonyl (C=O) groups is 1. The van der Waals surface area contributed by atoms with Crippen LogP contribution in [0.1, 0.15) is 43.2 Å². The number of nitrogens with one attached hydrogen (secondary N) is 1. The average Bonchev–Trinajstić information content (AvgIpc) is 2.86. The molecule has 1 saturated carbocycles. The van der Waals surface area contributed by atoms with Crippen molar-refractivity contribution in [1.29, 1.82) is 0 Å². The Morgan fingerprint density at radius 1 is 1.09 bits per heavy atom. The van der Waals surface area contributed by atoms with E-state index in [-0.39, 0.29) is 0 Å². The zero-order chi connectivity index (χ0) is 22.6. The predicted molar refractivity (Wildman–Crippen MR) is 122 cm³/mol. The minimum absolute atomic E-state index is 0.294. The number of nitrogens with zero attached hydrogens (tertiary/aromatic N) is 1. The van der Waals surface area contributed by atoms with Crippen molar-refractivity contribution in [3.63, 3.8) is 0 Å². The van der Waals surface area contributed by atoms with Gasteiger partial charge in [0.05, 0.1) is 19.0 Å². The highest BCUT2D eigenvalue weighted by atomic mass is 31.2. The summed E-state index contributed by atoms with van der Waals surface area (Å²) in [6.45, 7) is 0.678. The SMILES string of the molecule is COc1ccc([P@@](=O)(OCC2CCCCC2)N2Cc3ccccc3C[C@@H]2C(=O)NO)cc1. The van der Waals surface area contributed by atoms with E-state index >= 15 is 0 Å². The number of carbonyl (C=O) groups excluding carboxylic acids is 1. The number of fused-ring (bicyclic) bond motifs is 1. The highest BCUT2D eigenvalue weighted by Gasteiger charge is 2.44. The zero-order valence-electron chi connectivity index (χ0n) is 18.4. The number of hydrogen-bond acceptors (Lipinski definition) is 5. The molecule has 0 spiro atoms. The Kier molecular flexibility index (Phi) is 7.31. The lowest BCUT2D eigenvalue weighted by Crippen LogP contribution is -2.49. The second-order valence-corrected chi connectivity index (χ2v) is 10.9. The van der Waals surface area contributed by atoms with Gasteiger partial charge in [-0.1, -0.05) is 43.5 Å². The van der Waals surface area contributed by atoms with Crippen molar-refractivity contribution in [3.05, 3.63) is 59.7 Å². The van der Waals surface area contributed by atoms with Gasteiger partial charge in [-0.15, -0.1) is 0 Å². The molecule has 1 heterocycles. The monoisotopic (exact) mass is 458 g/mol. The fourth-order valence-corrected chi connectivity index (χ4v) is 7.14. The summed E-state index contributed by atoms with van der Waals surface area (Å²) >= 11 is 0. The Bertz CT molecular complexity index is 975. The molecule has 7 nitrogen and oxygen atoms in total. The summed E-state index contributed by atoms with van der Waals surface area (Å²) in [5.41, 5.74) is 3.78. The number of benzene rings is 2. The lowest BCUT2D eigenvalue weighted by molar-refractivity contribution is -0.133. The van der Waals surface area contributed by atoms with E-state index in [1.165, 1.54) is 6.42 Å². The van der Waals surface area contributed by atoms with E-state index in [1.807, 2.05) is 24.3 Å². The predicted octanol–water partition coefficient (Wildman–Crippen LogP) is 4.04. The van der Waals surface area contributed by atoms with Crippen LogP contribution < -0.4 is 15.5 Å². The van der Waals surface area contributed by atoms with Gasteiger partial charge in [-0.05, 0) is 60.6 Å². The van der Waals surface area contributed by atoms with E-state index in [4.69, 9.17) is 9.26 Å². The Hall–Kier alpha value is -2.18. The van der Waals surface area contributed by atoms with E-state index in [0.717, 1.165) is 36.8 Å². The van der Waals surface area contributed by atoms with Crippen molar-refractivity contribution in [2.45, 2.75) is 51.1 Å². The first kappa shape index (κ1) is 23.0. The molecule has 1 aliphatic heterocycles. The van der Waals surface area contributed by atoms with Crippen molar-refractivity contribution in [2.24, 2.45) is 5.92 Å². The molecule has 2 N–H and O–H groups in total. The topological polar surface area (TPSA) is 88.1 Å². The van der Waals surface area contributed by atoms with Crippen LogP contribution in [-0.2, 0) is 26.8 Å². The van der Waals surface area contributed by atoms with E-state index in [9.17, 15) is 14.6 Å². The quantitative estimate of drug-likeness (QED) is 0.370. The number of methoxy groups -OCH3 is 1. The summed E-state index contributed by atoms with van der Waals surface area (Å²) < 4.78 is 27.8.